The first kappa shape index (κ1) is 13.1. The van der Waals surface area contributed by atoms with Crippen LogP contribution in [0.2, 0.25) is 0 Å². The predicted molar refractivity (Wildman–Crippen MR) is 70.4 cm³/mol. The molecule has 2 saturated carbocycles. The van der Waals surface area contributed by atoms with Crippen LogP contribution in [0.1, 0.15) is 40.5 Å². The lowest BCUT2D eigenvalue weighted by Gasteiger charge is -2.19. The van der Waals surface area contributed by atoms with E-state index in [0.717, 1.165) is 24.1 Å². The fourth-order valence-electron chi connectivity index (χ4n) is 3.38. The molecule has 1 aromatic heterocycles. The van der Waals surface area contributed by atoms with E-state index in [1.165, 1.54) is 0 Å². The lowest BCUT2D eigenvalue weighted by Crippen LogP contribution is -2.27. The van der Waals surface area contributed by atoms with E-state index in [2.05, 4.69) is 4.98 Å². The van der Waals surface area contributed by atoms with Crippen molar-refractivity contribution in [2.24, 2.45) is 11.8 Å². The molecule has 6 heteroatoms. The number of fused-ring (bicyclic) bond motifs is 1. The number of carboxylic acids is 1. The average Bonchev–Trinajstić information content (AvgIpc) is 3.29. The largest absolute Gasteiger partial charge is 0.477 e. The highest BCUT2D eigenvalue weighted by molar-refractivity contribution is 5.85. The molecular weight excluding hydrogens is 278 g/mol. The fraction of sp³-hybridized carbons (Fsp3) is 0.600. The van der Waals surface area contributed by atoms with Crippen LogP contribution in [0.4, 0.5) is 8.78 Å². The molecular formula is C15H16F2N2O2. The van der Waals surface area contributed by atoms with Gasteiger partial charge in [-0.25, -0.2) is 18.6 Å². The molecule has 2 heterocycles. The van der Waals surface area contributed by atoms with Crippen LogP contribution in [0, 0.1) is 11.8 Å². The Balaban J connectivity index is 1.51. The Kier molecular flexibility index (Phi) is 2.64. The van der Waals surface area contributed by atoms with Crippen LogP contribution in [-0.4, -0.2) is 40.0 Å². The molecule has 0 radical (unpaired) electrons. The Hall–Kier alpha value is -1.56. The summed E-state index contributed by atoms with van der Waals surface area (Å²) in [6.45, 7) is 1.34. The van der Waals surface area contributed by atoms with E-state index in [4.69, 9.17) is 5.11 Å². The van der Waals surface area contributed by atoms with Crippen molar-refractivity contribution in [1.29, 1.82) is 0 Å². The maximum absolute atomic E-state index is 13.2. The standard InChI is InChI=1S/C15H16F2N2O2/c16-15(17)10-6-19(7-11(10)15)5-8-3-12(9-1-2-9)18-13(4-8)14(20)21/h3-4,9-11H,1-2,5-7H2,(H,20,21). The van der Waals surface area contributed by atoms with Gasteiger partial charge in [0.2, 0.25) is 0 Å². The third-order valence-corrected chi connectivity index (χ3v) is 4.80. The number of alkyl halides is 2. The number of halogens is 2. The molecule has 2 aliphatic carbocycles. The van der Waals surface area contributed by atoms with Crippen LogP contribution in [0.25, 0.3) is 0 Å². The molecule has 4 rings (SSSR count). The van der Waals surface area contributed by atoms with Gasteiger partial charge in [0.15, 0.2) is 0 Å². The zero-order chi connectivity index (χ0) is 14.8. The summed E-state index contributed by atoms with van der Waals surface area (Å²) in [5.41, 5.74) is 1.76. The van der Waals surface area contributed by atoms with Crippen molar-refractivity contribution < 1.29 is 18.7 Å². The van der Waals surface area contributed by atoms with Crippen LogP contribution in [0.3, 0.4) is 0 Å². The van der Waals surface area contributed by atoms with Gasteiger partial charge in [0, 0.05) is 43.1 Å². The van der Waals surface area contributed by atoms with Gasteiger partial charge in [-0.3, -0.25) is 4.90 Å². The fourth-order valence-corrected chi connectivity index (χ4v) is 3.38. The van der Waals surface area contributed by atoms with Gasteiger partial charge in [0.1, 0.15) is 5.69 Å². The van der Waals surface area contributed by atoms with E-state index < -0.39 is 23.7 Å². The van der Waals surface area contributed by atoms with Crippen molar-refractivity contribution in [3.8, 4) is 0 Å². The predicted octanol–water partition coefficient (Wildman–Crippen LogP) is 2.35. The van der Waals surface area contributed by atoms with Crippen LogP contribution < -0.4 is 0 Å². The van der Waals surface area contributed by atoms with Crippen molar-refractivity contribution in [2.45, 2.75) is 31.2 Å². The van der Waals surface area contributed by atoms with Crippen LogP contribution >= 0.6 is 0 Å². The van der Waals surface area contributed by atoms with Gasteiger partial charge in [-0.2, -0.15) is 0 Å². The summed E-state index contributed by atoms with van der Waals surface area (Å²) in [6, 6.07) is 3.50. The van der Waals surface area contributed by atoms with Crippen molar-refractivity contribution in [3.63, 3.8) is 0 Å². The lowest BCUT2D eigenvalue weighted by molar-refractivity contribution is 0.0519. The SMILES string of the molecule is O=C(O)c1cc(CN2CC3C(C2)C3(F)F)cc(C2CC2)n1. The molecule has 0 spiro atoms. The van der Waals surface area contributed by atoms with Crippen LogP contribution in [-0.2, 0) is 6.54 Å². The van der Waals surface area contributed by atoms with Crippen molar-refractivity contribution in [3.05, 3.63) is 29.1 Å². The molecule has 0 amide bonds. The Morgan fingerprint density at radius 2 is 2.00 bits per heavy atom. The Bertz CT molecular complexity index is 602. The summed E-state index contributed by atoms with van der Waals surface area (Å²) < 4.78 is 26.4. The van der Waals surface area contributed by atoms with E-state index in [0.29, 0.717) is 25.6 Å². The molecule has 1 aliphatic heterocycles. The molecule has 2 atom stereocenters. The van der Waals surface area contributed by atoms with Gasteiger partial charge >= 0.3 is 5.97 Å². The monoisotopic (exact) mass is 294 g/mol. The Labute approximate surface area is 120 Å². The summed E-state index contributed by atoms with van der Waals surface area (Å²) in [7, 11) is 0. The highest BCUT2D eigenvalue weighted by atomic mass is 19.3. The number of aromatic nitrogens is 1. The average molecular weight is 294 g/mol. The Morgan fingerprint density at radius 3 is 2.57 bits per heavy atom. The zero-order valence-corrected chi connectivity index (χ0v) is 11.4. The minimum atomic E-state index is -2.47. The first-order chi connectivity index (χ1) is 9.95. The van der Waals surface area contributed by atoms with Crippen molar-refractivity contribution >= 4 is 5.97 Å². The molecule has 112 valence electrons. The molecule has 1 saturated heterocycles. The number of carboxylic acid groups (broad SMARTS) is 1. The first-order valence-corrected chi connectivity index (χ1v) is 7.29. The third-order valence-electron chi connectivity index (χ3n) is 4.80. The second-order valence-electron chi connectivity index (χ2n) is 6.45. The summed E-state index contributed by atoms with van der Waals surface area (Å²) in [5.74, 6) is -4.13. The van der Waals surface area contributed by atoms with E-state index in [1.807, 2.05) is 11.0 Å². The molecule has 1 N–H and O–H groups in total. The maximum Gasteiger partial charge on any atom is 0.354 e. The second-order valence-corrected chi connectivity index (χ2v) is 6.45. The number of aromatic carboxylic acids is 1. The number of hydrogen-bond acceptors (Lipinski definition) is 3. The summed E-state index contributed by atoms with van der Waals surface area (Å²) >= 11 is 0. The summed E-state index contributed by atoms with van der Waals surface area (Å²) in [4.78, 5) is 17.3. The molecule has 0 aromatic carbocycles. The second kappa shape index (κ2) is 4.22. The van der Waals surface area contributed by atoms with Crippen molar-refractivity contribution in [1.82, 2.24) is 9.88 Å². The molecule has 4 nitrogen and oxygen atoms in total. The summed E-state index contributed by atoms with van der Waals surface area (Å²) in [5, 5.41) is 9.14. The number of likely N-dealkylation sites (tertiary alicyclic amines) is 1. The maximum atomic E-state index is 13.2. The number of carbonyl (C=O) groups is 1. The topological polar surface area (TPSA) is 53.4 Å². The van der Waals surface area contributed by atoms with E-state index in [9.17, 15) is 13.6 Å². The molecule has 3 aliphatic rings. The highest BCUT2D eigenvalue weighted by Gasteiger charge is 2.71. The van der Waals surface area contributed by atoms with Crippen LogP contribution in [0.15, 0.2) is 12.1 Å². The molecule has 21 heavy (non-hydrogen) atoms. The number of nitrogens with zero attached hydrogens (tertiary/aromatic N) is 2. The normalized spacial score (nSPS) is 30.2. The third kappa shape index (κ3) is 2.21. The smallest absolute Gasteiger partial charge is 0.354 e. The molecule has 0 bridgehead atoms. The minimum Gasteiger partial charge on any atom is -0.477 e. The Morgan fingerprint density at radius 1 is 1.33 bits per heavy atom. The molecule has 1 aromatic rings. The summed E-state index contributed by atoms with van der Waals surface area (Å²) in [6.07, 6.45) is 2.10. The number of rotatable bonds is 4. The molecule has 3 fully saturated rings. The van der Waals surface area contributed by atoms with Gasteiger partial charge in [0.05, 0.1) is 0 Å². The van der Waals surface area contributed by atoms with E-state index in [1.54, 1.807) is 6.07 Å². The van der Waals surface area contributed by atoms with Crippen LogP contribution in [0.5, 0.6) is 0 Å². The van der Waals surface area contributed by atoms with Gasteiger partial charge < -0.3 is 5.11 Å². The van der Waals surface area contributed by atoms with Gasteiger partial charge in [-0.1, -0.05) is 0 Å². The lowest BCUT2D eigenvalue weighted by atomic mass is 10.1. The number of pyridine rings is 1. The van der Waals surface area contributed by atoms with Gasteiger partial charge in [0.25, 0.3) is 5.92 Å². The first-order valence-electron chi connectivity index (χ1n) is 7.29. The quantitative estimate of drug-likeness (QED) is 0.926. The molecule has 2 unspecified atom stereocenters. The van der Waals surface area contributed by atoms with Gasteiger partial charge in [-0.15, -0.1) is 0 Å². The van der Waals surface area contributed by atoms with Gasteiger partial charge in [-0.05, 0) is 30.5 Å². The van der Waals surface area contributed by atoms with E-state index in [-0.39, 0.29) is 5.69 Å². The number of piperidine rings is 1. The minimum absolute atomic E-state index is 0.0593. The highest BCUT2D eigenvalue weighted by Crippen LogP contribution is 2.59. The van der Waals surface area contributed by atoms with E-state index >= 15 is 0 Å². The van der Waals surface area contributed by atoms with Crippen molar-refractivity contribution in [2.75, 3.05) is 13.1 Å². The number of hydrogen-bond donors (Lipinski definition) is 1. The zero-order valence-electron chi connectivity index (χ0n) is 11.4.